The summed E-state index contributed by atoms with van der Waals surface area (Å²) in [4.78, 5) is 8.20. The Morgan fingerprint density at radius 3 is 3.40 bits per heavy atom. The summed E-state index contributed by atoms with van der Waals surface area (Å²) in [6, 6.07) is 0. The molecule has 0 saturated carbocycles. The van der Waals surface area contributed by atoms with Gasteiger partial charge in [-0.25, -0.2) is 20.4 Å². The molecule has 2 aliphatic heterocycles. The van der Waals surface area contributed by atoms with Crippen molar-refractivity contribution in [3.63, 3.8) is 0 Å². The molecule has 10 heavy (non-hydrogen) atoms. The summed E-state index contributed by atoms with van der Waals surface area (Å²) in [6.07, 6.45) is 5.48. The van der Waals surface area contributed by atoms with Crippen molar-refractivity contribution in [2.75, 3.05) is 0 Å². The van der Waals surface area contributed by atoms with Crippen LogP contribution in [0.1, 0.15) is 6.92 Å². The van der Waals surface area contributed by atoms with E-state index >= 15 is 0 Å². The fraction of sp³-hybridized carbons (Fsp3) is 0.333. The summed E-state index contributed by atoms with van der Waals surface area (Å²) in [5, 5.41) is 1.81. The first-order valence-corrected chi connectivity index (χ1v) is 3.19. The van der Waals surface area contributed by atoms with E-state index in [1.54, 1.807) is 12.5 Å². The van der Waals surface area contributed by atoms with Crippen LogP contribution in [0.15, 0.2) is 22.3 Å². The molecule has 2 heterocycles. The number of hydrogen-bond donors (Lipinski definition) is 1. The van der Waals surface area contributed by atoms with Gasteiger partial charge in [0.05, 0.1) is 0 Å². The van der Waals surface area contributed by atoms with E-state index in [1.165, 1.54) is 0 Å². The Labute approximate surface area is 58.9 Å². The van der Waals surface area contributed by atoms with E-state index in [0.29, 0.717) is 0 Å². The SMILES string of the molecule is CC1N=C2C=CN=CN2N1. The first kappa shape index (κ1) is 5.61. The van der Waals surface area contributed by atoms with Gasteiger partial charge >= 0.3 is 0 Å². The van der Waals surface area contributed by atoms with E-state index < -0.39 is 0 Å². The van der Waals surface area contributed by atoms with E-state index in [0.717, 1.165) is 5.84 Å². The fourth-order valence-corrected chi connectivity index (χ4v) is 0.988. The molecule has 0 aliphatic carbocycles. The highest BCUT2D eigenvalue weighted by atomic mass is 15.6. The van der Waals surface area contributed by atoms with E-state index in [2.05, 4.69) is 15.4 Å². The highest BCUT2D eigenvalue weighted by Crippen LogP contribution is 2.04. The van der Waals surface area contributed by atoms with Crippen LogP contribution in [0.4, 0.5) is 0 Å². The summed E-state index contributed by atoms with van der Waals surface area (Å²) in [5.41, 5.74) is 3.08. The van der Waals surface area contributed by atoms with Gasteiger partial charge in [-0.3, -0.25) is 0 Å². The van der Waals surface area contributed by atoms with Crippen molar-refractivity contribution in [1.82, 2.24) is 10.4 Å². The second-order valence-electron chi connectivity index (χ2n) is 2.24. The first-order valence-electron chi connectivity index (χ1n) is 3.19. The van der Waals surface area contributed by atoms with E-state index in [4.69, 9.17) is 0 Å². The average molecular weight is 136 g/mol. The van der Waals surface area contributed by atoms with E-state index in [9.17, 15) is 0 Å². The van der Waals surface area contributed by atoms with Crippen molar-refractivity contribution in [3.8, 4) is 0 Å². The number of fused-ring (bicyclic) bond motifs is 1. The summed E-state index contributed by atoms with van der Waals surface area (Å²) in [6.45, 7) is 1.99. The molecule has 0 amide bonds. The van der Waals surface area contributed by atoms with Crippen molar-refractivity contribution >= 4 is 12.2 Å². The fourth-order valence-electron chi connectivity index (χ4n) is 0.988. The van der Waals surface area contributed by atoms with E-state index in [-0.39, 0.29) is 6.17 Å². The molecule has 0 bridgehead atoms. The number of aliphatic imine (C=N–C) groups is 2. The molecule has 2 aliphatic rings. The lowest BCUT2D eigenvalue weighted by Gasteiger charge is -2.14. The van der Waals surface area contributed by atoms with Gasteiger partial charge in [0.1, 0.15) is 18.3 Å². The Bertz CT molecular complexity index is 228. The zero-order valence-electron chi connectivity index (χ0n) is 5.65. The molecule has 0 aromatic heterocycles. The summed E-state index contributed by atoms with van der Waals surface area (Å²) < 4.78 is 0. The third kappa shape index (κ3) is 0.733. The molecule has 52 valence electrons. The summed E-state index contributed by atoms with van der Waals surface area (Å²) in [5.74, 6) is 0.933. The van der Waals surface area contributed by atoms with Gasteiger partial charge in [0.15, 0.2) is 0 Å². The minimum absolute atomic E-state index is 0.171. The lowest BCUT2D eigenvalue weighted by Crippen LogP contribution is -2.38. The molecule has 0 aromatic rings. The van der Waals surface area contributed by atoms with Crippen molar-refractivity contribution in [1.29, 1.82) is 0 Å². The lowest BCUT2D eigenvalue weighted by atomic mass is 10.5. The molecule has 2 rings (SSSR count). The highest BCUT2D eigenvalue weighted by Gasteiger charge is 2.18. The monoisotopic (exact) mass is 136 g/mol. The first-order chi connectivity index (χ1) is 4.86. The largest absolute Gasteiger partial charge is 0.247 e. The molecule has 0 radical (unpaired) electrons. The summed E-state index contributed by atoms with van der Waals surface area (Å²) in [7, 11) is 0. The number of hydrazine groups is 1. The van der Waals surface area contributed by atoms with Gasteiger partial charge in [-0.2, -0.15) is 0 Å². The zero-order valence-corrected chi connectivity index (χ0v) is 5.65. The van der Waals surface area contributed by atoms with Gasteiger partial charge in [0, 0.05) is 12.3 Å². The molecular formula is C6H8N4. The molecule has 4 heteroatoms. The van der Waals surface area contributed by atoms with Crippen LogP contribution in [0.25, 0.3) is 0 Å². The number of nitrogens with one attached hydrogen (secondary N) is 1. The lowest BCUT2D eigenvalue weighted by molar-refractivity contribution is 0.437. The van der Waals surface area contributed by atoms with Crippen LogP contribution in [-0.2, 0) is 0 Å². The number of nitrogens with zero attached hydrogens (tertiary/aromatic N) is 3. The third-order valence-corrected chi connectivity index (χ3v) is 1.39. The van der Waals surface area contributed by atoms with Crippen molar-refractivity contribution in [2.45, 2.75) is 13.1 Å². The molecule has 0 fully saturated rings. The Hall–Kier alpha value is -1.16. The standard InChI is InChI=1S/C6H8N4/c1-5-8-6-2-3-7-4-10(6)9-5/h2-5,9H,1H3. The predicted molar refractivity (Wildman–Crippen MR) is 39.5 cm³/mol. The molecular weight excluding hydrogens is 128 g/mol. The molecule has 1 atom stereocenters. The molecule has 4 nitrogen and oxygen atoms in total. The average Bonchev–Trinajstić information content (AvgIpc) is 2.27. The predicted octanol–water partition coefficient (Wildman–Crippen LogP) is 0.107. The Morgan fingerprint density at radius 1 is 1.70 bits per heavy atom. The minimum Gasteiger partial charge on any atom is -0.247 e. The van der Waals surface area contributed by atoms with Gasteiger partial charge in [-0.15, -0.1) is 0 Å². The molecule has 0 aromatic carbocycles. The van der Waals surface area contributed by atoms with Gasteiger partial charge in [0.25, 0.3) is 0 Å². The Balaban J connectivity index is 2.29. The smallest absolute Gasteiger partial charge is 0.146 e. The van der Waals surface area contributed by atoms with Crippen molar-refractivity contribution in [2.24, 2.45) is 9.98 Å². The zero-order chi connectivity index (χ0) is 6.97. The van der Waals surface area contributed by atoms with Gasteiger partial charge in [-0.05, 0) is 6.92 Å². The maximum atomic E-state index is 4.26. The van der Waals surface area contributed by atoms with Crippen LogP contribution in [0.3, 0.4) is 0 Å². The van der Waals surface area contributed by atoms with Crippen LogP contribution in [0, 0.1) is 0 Å². The summed E-state index contributed by atoms with van der Waals surface area (Å²) >= 11 is 0. The topological polar surface area (TPSA) is 40.0 Å². The minimum atomic E-state index is 0.171. The van der Waals surface area contributed by atoms with Crippen LogP contribution in [0.2, 0.25) is 0 Å². The van der Waals surface area contributed by atoms with Crippen LogP contribution < -0.4 is 5.43 Å². The Morgan fingerprint density at radius 2 is 2.60 bits per heavy atom. The second-order valence-corrected chi connectivity index (χ2v) is 2.24. The van der Waals surface area contributed by atoms with Gasteiger partial charge in [-0.1, -0.05) is 0 Å². The maximum Gasteiger partial charge on any atom is 0.146 e. The Kier molecular flexibility index (Phi) is 1.07. The third-order valence-electron chi connectivity index (χ3n) is 1.39. The second kappa shape index (κ2) is 1.91. The van der Waals surface area contributed by atoms with E-state index in [1.807, 2.05) is 18.0 Å². The number of hydrogen-bond acceptors (Lipinski definition) is 4. The molecule has 0 saturated heterocycles. The van der Waals surface area contributed by atoms with Crippen LogP contribution >= 0.6 is 0 Å². The molecule has 1 unspecified atom stereocenters. The molecule has 1 N–H and O–H groups in total. The normalized spacial score (nSPS) is 28.7. The van der Waals surface area contributed by atoms with Crippen molar-refractivity contribution < 1.29 is 0 Å². The van der Waals surface area contributed by atoms with Crippen LogP contribution in [0.5, 0.6) is 0 Å². The van der Waals surface area contributed by atoms with Gasteiger partial charge in [0.2, 0.25) is 0 Å². The molecule has 0 spiro atoms. The van der Waals surface area contributed by atoms with Gasteiger partial charge < -0.3 is 0 Å². The number of amidine groups is 1. The van der Waals surface area contributed by atoms with Crippen LogP contribution in [-0.4, -0.2) is 23.3 Å². The quantitative estimate of drug-likeness (QED) is 0.513. The maximum absolute atomic E-state index is 4.26. The highest BCUT2D eigenvalue weighted by molar-refractivity contribution is 6.02. The number of rotatable bonds is 0. The van der Waals surface area contributed by atoms with Crippen molar-refractivity contribution in [3.05, 3.63) is 12.3 Å².